The first-order chi connectivity index (χ1) is 17.0. The quantitative estimate of drug-likeness (QED) is 0.223. The van der Waals surface area contributed by atoms with Gasteiger partial charge in [-0.15, -0.1) is 0 Å². The van der Waals surface area contributed by atoms with Gasteiger partial charge in [0.05, 0.1) is 0 Å². The number of nitrogens with one attached hydrogen (secondary N) is 1. The number of halogens is 1. The van der Waals surface area contributed by atoms with Gasteiger partial charge in [-0.25, -0.2) is 0 Å². The number of carbonyl (C=O) groups is 2. The Morgan fingerprint density at radius 3 is 2.29 bits per heavy atom. The van der Waals surface area contributed by atoms with Crippen LogP contribution in [0.1, 0.15) is 59.7 Å². The molecule has 0 fully saturated rings. The van der Waals surface area contributed by atoms with Crippen LogP contribution in [0.25, 0.3) is 6.08 Å². The average molecular weight is 489 g/mol. The zero-order chi connectivity index (χ0) is 24.9. The van der Waals surface area contributed by atoms with Crippen molar-refractivity contribution in [2.24, 2.45) is 0 Å². The van der Waals surface area contributed by atoms with Crippen molar-refractivity contribution in [1.29, 1.82) is 0 Å². The monoisotopic (exact) mass is 488 g/mol. The fourth-order valence-corrected chi connectivity index (χ4v) is 3.96. The summed E-state index contributed by atoms with van der Waals surface area (Å²) >= 11 is 6.15. The van der Waals surface area contributed by atoms with Crippen molar-refractivity contribution in [3.8, 4) is 0 Å². The summed E-state index contributed by atoms with van der Waals surface area (Å²) in [5.74, 6) is -0.161. The van der Waals surface area contributed by atoms with Gasteiger partial charge in [0.1, 0.15) is 0 Å². The second-order valence-corrected chi connectivity index (χ2v) is 9.02. The largest absolute Gasteiger partial charge is 0.352 e. The lowest BCUT2D eigenvalue weighted by atomic mass is 10.1. The van der Waals surface area contributed by atoms with Crippen molar-refractivity contribution in [3.63, 3.8) is 0 Å². The fourth-order valence-electron chi connectivity index (χ4n) is 3.75. The molecule has 0 saturated heterocycles. The van der Waals surface area contributed by atoms with E-state index in [0.29, 0.717) is 30.2 Å². The molecule has 35 heavy (non-hydrogen) atoms. The van der Waals surface area contributed by atoms with E-state index in [1.54, 1.807) is 29.2 Å². The summed E-state index contributed by atoms with van der Waals surface area (Å²) in [6, 6.07) is 24.8. The minimum atomic E-state index is -0.0947. The molecular formula is C30H33ClN2O2. The lowest BCUT2D eigenvalue weighted by molar-refractivity contribution is -0.127. The Labute approximate surface area is 213 Å². The highest BCUT2D eigenvalue weighted by atomic mass is 35.5. The molecule has 0 radical (unpaired) electrons. The van der Waals surface area contributed by atoms with Crippen LogP contribution in [-0.2, 0) is 17.9 Å². The molecule has 3 aromatic rings. The molecule has 0 heterocycles. The molecule has 0 spiro atoms. The highest BCUT2D eigenvalue weighted by Gasteiger charge is 2.13. The molecular weight excluding hydrogens is 456 g/mol. The molecule has 3 aromatic carbocycles. The van der Waals surface area contributed by atoms with Crippen molar-refractivity contribution in [2.75, 3.05) is 6.54 Å². The molecule has 0 aromatic heterocycles. The molecule has 182 valence electrons. The molecule has 5 heteroatoms. The van der Waals surface area contributed by atoms with E-state index >= 15 is 0 Å². The first-order valence-electron chi connectivity index (χ1n) is 12.2. The Morgan fingerprint density at radius 1 is 0.857 bits per heavy atom. The second-order valence-electron chi connectivity index (χ2n) is 8.58. The van der Waals surface area contributed by atoms with Gasteiger partial charge in [-0.05, 0) is 53.5 Å². The third-order valence-corrected chi connectivity index (χ3v) is 5.93. The highest BCUT2D eigenvalue weighted by Crippen LogP contribution is 2.16. The van der Waals surface area contributed by atoms with Crippen LogP contribution >= 0.6 is 11.6 Å². The molecule has 0 aliphatic heterocycles. The van der Waals surface area contributed by atoms with E-state index in [-0.39, 0.29) is 11.8 Å². The molecule has 0 saturated carbocycles. The number of nitrogens with zero attached hydrogens (tertiary/aromatic N) is 1. The minimum Gasteiger partial charge on any atom is -0.352 e. The van der Waals surface area contributed by atoms with Crippen LogP contribution in [0.2, 0.25) is 5.02 Å². The third kappa shape index (κ3) is 9.06. The van der Waals surface area contributed by atoms with Gasteiger partial charge in [0.15, 0.2) is 0 Å². The van der Waals surface area contributed by atoms with Crippen LogP contribution < -0.4 is 5.32 Å². The number of rotatable bonds is 12. The van der Waals surface area contributed by atoms with E-state index in [4.69, 9.17) is 11.6 Å². The van der Waals surface area contributed by atoms with E-state index in [2.05, 4.69) is 12.2 Å². The Morgan fingerprint density at radius 2 is 1.57 bits per heavy atom. The van der Waals surface area contributed by atoms with E-state index in [1.165, 1.54) is 12.8 Å². The van der Waals surface area contributed by atoms with Crippen molar-refractivity contribution >= 4 is 29.5 Å². The highest BCUT2D eigenvalue weighted by molar-refractivity contribution is 6.30. The second kappa shape index (κ2) is 14.1. The molecule has 2 amide bonds. The predicted molar refractivity (Wildman–Crippen MR) is 144 cm³/mol. The topological polar surface area (TPSA) is 49.4 Å². The molecule has 0 aliphatic carbocycles. The Bertz CT molecular complexity index is 1110. The van der Waals surface area contributed by atoms with E-state index in [0.717, 1.165) is 29.5 Å². The number of unbranched alkanes of at least 4 members (excludes halogenated alkanes) is 3. The van der Waals surface area contributed by atoms with Gasteiger partial charge < -0.3 is 10.2 Å². The molecule has 4 nitrogen and oxygen atoms in total. The smallest absolute Gasteiger partial charge is 0.251 e. The van der Waals surface area contributed by atoms with Crippen molar-refractivity contribution < 1.29 is 9.59 Å². The molecule has 0 aliphatic rings. The minimum absolute atomic E-state index is 0.0661. The van der Waals surface area contributed by atoms with Gasteiger partial charge in [-0.2, -0.15) is 0 Å². The predicted octanol–water partition coefficient (Wildman–Crippen LogP) is 6.89. The number of hydrogen-bond acceptors (Lipinski definition) is 2. The van der Waals surface area contributed by atoms with Gasteiger partial charge >= 0.3 is 0 Å². The zero-order valence-corrected chi connectivity index (χ0v) is 21.0. The SMILES string of the molecule is CCCCCCNC(=O)c1ccc(/C=C/C(=O)N(Cc2ccccc2)Cc2cccc(Cl)c2)cc1. The molecule has 0 atom stereocenters. The molecule has 0 unspecified atom stereocenters. The van der Waals surface area contributed by atoms with E-state index in [1.807, 2.05) is 66.7 Å². The normalized spacial score (nSPS) is 10.9. The van der Waals surface area contributed by atoms with Gasteiger partial charge in [0.25, 0.3) is 5.91 Å². The van der Waals surface area contributed by atoms with Crippen molar-refractivity contribution in [1.82, 2.24) is 10.2 Å². The van der Waals surface area contributed by atoms with Crippen LogP contribution in [0.15, 0.2) is 84.9 Å². The lowest BCUT2D eigenvalue weighted by Crippen LogP contribution is -2.28. The van der Waals surface area contributed by atoms with Gasteiger partial charge in [0, 0.05) is 36.3 Å². The van der Waals surface area contributed by atoms with Crippen LogP contribution in [-0.4, -0.2) is 23.3 Å². The van der Waals surface area contributed by atoms with Gasteiger partial charge in [-0.3, -0.25) is 9.59 Å². The van der Waals surface area contributed by atoms with E-state index in [9.17, 15) is 9.59 Å². The summed E-state index contributed by atoms with van der Waals surface area (Å²) in [5.41, 5.74) is 3.51. The Hall–Kier alpha value is -3.37. The zero-order valence-electron chi connectivity index (χ0n) is 20.3. The van der Waals surface area contributed by atoms with Crippen LogP contribution in [0.3, 0.4) is 0 Å². The van der Waals surface area contributed by atoms with Crippen LogP contribution in [0.4, 0.5) is 0 Å². The number of hydrogen-bond donors (Lipinski definition) is 1. The lowest BCUT2D eigenvalue weighted by Gasteiger charge is -2.22. The maximum absolute atomic E-state index is 13.1. The fraction of sp³-hybridized carbons (Fsp3) is 0.267. The third-order valence-electron chi connectivity index (χ3n) is 5.70. The van der Waals surface area contributed by atoms with Gasteiger partial charge in [0.2, 0.25) is 5.91 Å². The van der Waals surface area contributed by atoms with Gasteiger partial charge in [-0.1, -0.05) is 92.4 Å². The summed E-state index contributed by atoms with van der Waals surface area (Å²) in [5, 5.41) is 3.61. The standard InChI is InChI=1S/C30H33ClN2O2/c1-2-3-4-8-20-32-30(35)27-17-14-24(15-18-27)16-19-29(34)33(22-25-10-6-5-7-11-25)23-26-12-9-13-28(31)21-26/h5-7,9-19,21H,2-4,8,20,22-23H2,1H3,(H,32,35)/b19-16+. The van der Waals surface area contributed by atoms with Crippen LogP contribution in [0.5, 0.6) is 0 Å². The maximum atomic E-state index is 13.1. The molecule has 1 N–H and O–H groups in total. The molecule has 3 rings (SSSR count). The Balaban J connectivity index is 1.63. The first kappa shape index (κ1) is 26.2. The summed E-state index contributed by atoms with van der Waals surface area (Å²) in [4.78, 5) is 27.2. The summed E-state index contributed by atoms with van der Waals surface area (Å²) in [6.07, 6.45) is 7.86. The number of amides is 2. The number of benzene rings is 3. The number of carbonyl (C=O) groups excluding carboxylic acids is 2. The van der Waals surface area contributed by atoms with E-state index < -0.39 is 0 Å². The summed E-state index contributed by atoms with van der Waals surface area (Å²) in [7, 11) is 0. The summed E-state index contributed by atoms with van der Waals surface area (Å²) < 4.78 is 0. The average Bonchev–Trinajstić information content (AvgIpc) is 2.87. The Kier molecular flexibility index (Phi) is 10.6. The van der Waals surface area contributed by atoms with Crippen LogP contribution in [0, 0.1) is 0 Å². The van der Waals surface area contributed by atoms with Crippen molar-refractivity contribution in [2.45, 2.75) is 45.7 Å². The van der Waals surface area contributed by atoms with Crippen molar-refractivity contribution in [3.05, 3.63) is 112 Å². The summed E-state index contributed by atoms with van der Waals surface area (Å²) in [6.45, 7) is 3.81. The maximum Gasteiger partial charge on any atom is 0.251 e. The first-order valence-corrected chi connectivity index (χ1v) is 12.6. The molecule has 0 bridgehead atoms.